The van der Waals surface area contributed by atoms with Gasteiger partial charge in [-0.15, -0.1) is 0 Å². The van der Waals surface area contributed by atoms with Crippen LogP contribution in [-0.4, -0.2) is 36.9 Å². The summed E-state index contributed by atoms with van der Waals surface area (Å²) in [5, 5.41) is 8.13. The second-order valence-electron chi connectivity index (χ2n) is 2.49. The van der Waals surface area contributed by atoms with Crippen LogP contribution in [0.2, 0.25) is 0 Å². The van der Waals surface area contributed by atoms with Gasteiger partial charge in [-0.1, -0.05) is 13.3 Å². The Morgan fingerprint density at radius 2 is 1.86 bits per heavy atom. The number of hydrogen-bond donors (Lipinski definition) is 1. The maximum absolute atomic E-state index is 10.8. The van der Waals surface area contributed by atoms with E-state index in [1.807, 2.05) is 6.92 Å². The van der Waals surface area contributed by atoms with Crippen LogP contribution in [0.5, 0.6) is 0 Å². The van der Waals surface area contributed by atoms with Gasteiger partial charge in [0.1, 0.15) is 0 Å². The highest BCUT2D eigenvalue weighted by Gasteiger charge is 2.04. The molecule has 0 aromatic rings. The van der Waals surface area contributed by atoms with Crippen molar-refractivity contribution in [2.45, 2.75) is 19.8 Å². The molecule has 0 radical (unpaired) electrons. The lowest BCUT2D eigenvalue weighted by atomic mass is 10.4. The van der Waals surface area contributed by atoms with E-state index in [2.05, 4.69) is 9.78 Å². The summed E-state index contributed by atoms with van der Waals surface area (Å²) in [6.07, 6.45) is 1.73. The Hall–Kier alpha value is -1.14. The van der Waals surface area contributed by atoms with Gasteiger partial charge in [-0.3, -0.25) is 0 Å². The van der Waals surface area contributed by atoms with E-state index in [-0.39, 0.29) is 0 Å². The molecule has 0 aliphatic carbocycles. The molecule has 0 aliphatic heterocycles. The van der Waals surface area contributed by atoms with Gasteiger partial charge >= 0.3 is 11.9 Å². The zero-order valence-corrected chi connectivity index (χ0v) is 8.02. The van der Waals surface area contributed by atoms with Crippen molar-refractivity contribution in [2.75, 3.05) is 19.8 Å². The number of carbonyl (C=O) groups is 2. The molecule has 14 heavy (non-hydrogen) atoms. The number of carboxylic acid groups (broad SMARTS) is 1. The second-order valence-corrected chi connectivity index (χ2v) is 2.49. The number of aliphatic carboxylic acids is 1. The van der Waals surface area contributed by atoms with E-state index < -0.39 is 25.2 Å². The van der Waals surface area contributed by atoms with E-state index in [0.29, 0.717) is 6.61 Å². The molecule has 0 bridgehead atoms. The van der Waals surface area contributed by atoms with Crippen LogP contribution in [0.3, 0.4) is 0 Å². The van der Waals surface area contributed by atoms with Crippen LogP contribution in [0, 0.1) is 0 Å². The standard InChI is InChI=1S/C8H14O6/c1-2-3-4-12-8(11)6-14-13-5-7(9)10/h2-6H2,1H3,(H,9,10). The summed E-state index contributed by atoms with van der Waals surface area (Å²) >= 11 is 0. The first-order chi connectivity index (χ1) is 6.66. The van der Waals surface area contributed by atoms with E-state index in [1.165, 1.54) is 0 Å². The van der Waals surface area contributed by atoms with Gasteiger partial charge in [-0.05, 0) is 6.42 Å². The number of ether oxygens (including phenoxy) is 1. The van der Waals surface area contributed by atoms with Gasteiger partial charge in [-0.2, -0.15) is 0 Å². The summed E-state index contributed by atoms with van der Waals surface area (Å²) in [6.45, 7) is 1.33. The van der Waals surface area contributed by atoms with Crippen LogP contribution in [0.4, 0.5) is 0 Å². The Kier molecular flexibility index (Phi) is 7.77. The van der Waals surface area contributed by atoms with Gasteiger partial charge in [0.25, 0.3) is 0 Å². The van der Waals surface area contributed by atoms with Gasteiger partial charge in [0.2, 0.25) is 0 Å². The first-order valence-electron chi connectivity index (χ1n) is 4.28. The SMILES string of the molecule is CCCCOC(=O)COOCC(=O)O. The molecule has 0 saturated heterocycles. The minimum Gasteiger partial charge on any atom is -0.479 e. The number of esters is 1. The van der Waals surface area contributed by atoms with Gasteiger partial charge in [0.05, 0.1) is 6.61 Å². The molecular weight excluding hydrogens is 192 g/mol. The number of rotatable bonds is 8. The van der Waals surface area contributed by atoms with Crippen molar-refractivity contribution >= 4 is 11.9 Å². The third kappa shape index (κ3) is 8.95. The highest BCUT2D eigenvalue weighted by molar-refractivity contribution is 5.70. The maximum Gasteiger partial charge on any atom is 0.335 e. The highest BCUT2D eigenvalue weighted by Crippen LogP contribution is 1.89. The average Bonchev–Trinajstić information content (AvgIpc) is 2.13. The average molecular weight is 206 g/mol. The highest BCUT2D eigenvalue weighted by atomic mass is 17.2. The topological polar surface area (TPSA) is 82.1 Å². The van der Waals surface area contributed by atoms with E-state index in [0.717, 1.165) is 12.8 Å². The van der Waals surface area contributed by atoms with Crippen LogP contribution < -0.4 is 0 Å². The molecule has 0 aromatic carbocycles. The molecule has 6 nitrogen and oxygen atoms in total. The fraction of sp³-hybridized carbons (Fsp3) is 0.750. The van der Waals surface area contributed by atoms with E-state index >= 15 is 0 Å². The molecular formula is C8H14O6. The Bertz CT molecular complexity index is 179. The lowest BCUT2D eigenvalue weighted by Crippen LogP contribution is -2.15. The number of hydrogen-bond acceptors (Lipinski definition) is 5. The molecule has 82 valence electrons. The van der Waals surface area contributed by atoms with Gasteiger partial charge in [-0.25, -0.2) is 19.4 Å². The number of carboxylic acids is 1. The molecule has 0 aromatic heterocycles. The van der Waals surface area contributed by atoms with Gasteiger partial charge < -0.3 is 9.84 Å². The molecule has 0 atom stereocenters. The minimum atomic E-state index is -1.16. The van der Waals surface area contributed by atoms with E-state index in [4.69, 9.17) is 9.84 Å². The normalized spacial score (nSPS) is 9.79. The minimum absolute atomic E-state index is 0.345. The van der Waals surface area contributed by atoms with E-state index in [9.17, 15) is 9.59 Å². The molecule has 0 spiro atoms. The molecule has 6 heteroatoms. The van der Waals surface area contributed by atoms with Crippen molar-refractivity contribution in [3.8, 4) is 0 Å². The van der Waals surface area contributed by atoms with Crippen LogP contribution in [-0.2, 0) is 24.1 Å². The second kappa shape index (κ2) is 8.46. The fourth-order valence-electron chi connectivity index (χ4n) is 0.554. The summed E-state index contributed by atoms with van der Waals surface area (Å²) in [4.78, 5) is 29.2. The van der Waals surface area contributed by atoms with Crippen molar-refractivity contribution in [2.24, 2.45) is 0 Å². The monoisotopic (exact) mass is 206 g/mol. The van der Waals surface area contributed by atoms with E-state index in [1.54, 1.807) is 0 Å². The fourth-order valence-corrected chi connectivity index (χ4v) is 0.554. The molecule has 0 unspecified atom stereocenters. The molecule has 0 fully saturated rings. The lowest BCUT2D eigenvalue weighted by Gasteiger charge is -2.03. The first kappa shape index (κ1) is 12.9. The molecule has 0 saturated carbocycles. The summed E-state index contributed by atoms with van der Waals surface area (Å²) in [5.41, 5.74) is 0. The van der Waals surface area contributed by atoms with Crippen LogP contribution >= 0.6 is 0 Å². The molecule has 0 amide bonds. The van der Waals surface area contributed by atoms with Crippen molar-refractivity contribution in [1.29, 1.82) is 0 Å². The largest absolute Gasteiger partial charge is 0.479 e. The summed E-state index contributed by atoms with van der Waals surface area (Å²) in [6, 6.07) is 0. The molecule has 0 heterocycles. The zero-order valence-electron chi connectivity index (χ0n) is 8.02. The van der Waals surface area contributed by atoms with Crippen LogP contribution in [0.15, 0.2) is 0 Å². The zero-order chi connectivity index (χ0) is 10.8. The van der Waals surface area contributed by atoms with Crippen molar-refractivity contribution in [1.82, 2.24) is 0 Å². The predicted molar refractivity (Wildman–Crippen MR) is 45.4 cm³/mol. The smallest absolute Gasteiger partial charge is 0.335 e. The van der Waals surface area contributed by atoms with Crippen molar-refractivity contribution < 1.29 is 29.2 Å². The maximum atomic E-state index is 10.8. The third-order valence-electron chi connectivity index (χ3n) is 1.20. The summed E-state index contributed by atoms with van der Waals surface area (Å²) < 4.78 is 4.70. The number of unbranched alkanes of at least 4 members (excludes halogenated alkanes) is 1. The van der Waals surface area contributed by atoms with Gasteiger partial charge in [0.15, 0.2) is 13.2 Å². The van der Waals surface area contributed by atoms with Crippen molar-refractivity contribution in [3.63, 3.8) is 0 Å². The predicted octanol–water partition coefficient (Wildman–Crippen LogP) is 0.362. The molecule has 0 aliphatic rings. The molecule has 1 N–H and O–H groups in total. The Morgan fingerprint density at radius 3 is 2.43 bits per heavy atom. The Balaban J connectivity index is 3.22. The Morgan fingerprint density at radius 1 is 1.21 bits per heavy atom. The summed E-state index contributed by atoms with van der Waals surface area (Å²) in [7, 11) is 0. The van der Waals surface area contributed by atoms with Crippen molar-refractivity contribution in [3.05, 3.63) is 0 Å². The first-order valence-corrected chi connectivity index (χ1v) is 4.28. The van der Waals surface area contributed by atoms with Gasteiger partial charge in [0, 0.05) is 0 Å². The third-order valence-corrected chi connectivity index (χ3v) is 1.20. The molecule has 0 rings (SSSR count). The quantitative estimate of drug-likeness (QED) is 0.267. The number of carbonyl (C=O) groups excluding carboxylic acids is 1. The Labute approximate surface area is 81.7 Å². The van der Waals surface area contributed by atoms with Crippen LogP contribution in [0.1, 0.15) is 19.8 Å². The lowest BCUT2D eigenvalue weighted by molar-refractivity contribution is -0.290. The van der Waals surface area contributed by atoms with Crippen LogP contribution in [0.25, 0.3) is 0 Å². The summed E-state index contributed by atoms with van der Waals surface area (Å²) in [5.74, 6) is -1.73.